The zero-order valence-corrected chi connectivity index (χ0v) is 10.5. The molecule has 0 aliphatic carbocycles. The van der Waals surface area contributed by atoms with Crippen LogP contribution in [0.4, 0.5) is 4.39 Å². The summed E-state index contributed by atoms with van der Waals surface area (Å²) >= 11 is 5.94. The highest BCUT2D eigenvalue weighted by molar-refractivity contribution is 6.31. The van der Waals surface area contributed by atoms with Crippen LogP contribution in [0.2, 0.25) is 5.02 Å². The molecular formula is C13H17ClFNO. The van der Waals surface area contributed by atoms with Crippen LogP contribution in [0.1, 0.15) is 24.8 Å². The van der Waals surface area contributed by atoms with Crippen LogP contribution in [0.3, 0.4) is 0 Å². The van der Waals surface area contributed by atoms with Gasteiger partial charge < -0.3 is 5.11 Å². The Morgan fingerprint density at radius 2 is 2.24 bits per heavy atom. The van der Waals surface area contributed by atoms with E-state index in [0.29, 0.717) is 6.54 Å². The van der Waals surface area contributed by atoms with Crippen molar-refractivity contribution in [2.75, 3.05) is 13.2 Å². The molecule has 1 saturated heterocycles. The Morgan fingerprint density at radius 3 is 3.00 bits per heavy atom. The second-order valence-corrected chi connectivity index (χ2v) is 4.89. The largest absolute Gasteiger partial charge is 0.395 e. The van der Waals surface area contributed by atoms with Gasteiger partial charge in [0.25, 0.3) is 0 Å². The van der Waals surface area contributed by atoms with Gasteiger partial charge in [-0.05, 0) is 31.0 Å². The van der Waals surface area contributed by atoms with Gasteiger partial charge >= 0.3 is 0 Å². The van der Waals surface area contributed by atoms with Gasteiger partial charge in [0.2, 0.25) is 0 Å². The number of hydrogen-bond acceptors (Lipinski definition) is 2. The Labute approximate surface area is 106 Å². The van der Waals surface area contributed by atoms with Gasteiger partial charge in [-0.2, -0.15) is 0 Å². The highest BCUT2D eigenvalue weighted by Gasteiger charge is 2.22. The van der Waals surface area contributed by atoms with Crippen molar-refractivity contribution >= 4 is 11.6 Å². The maximum absolute atomic E-state index is 13.3. The highest BCUT2D eigenvalue weighted by atomic mass is 35.5. The average Bonchev–Trinajstić information content (AvgIpc) is 2.35. The third-order valence-electron chi connectivity index (χ3n) is 3.36. The minimum Gasteiger partial charge on any atom is -0.395 e. The molecule has 1 aliphatic heterocycles. The van der Waals surface area contributed by atoms with E-state index < -0.39 is 0 Å². The number of halogens is 2. The van der Waals surface area contributed by atoms with Crippen molar-refractivity contribution in [3.8, 4) is 0 Å². The van der Waals surface area contributed by atoms with E-state index in [1.165, 1.54) is 6.07 Å². The van der Waals surface area contributed by atoms with Gasteiger partial charge in [-0.3, -0.25) is 4.90 Å². The molecule has 1 fully saturated rings. The lowest BCUT2D eigenvalue weighted by Gasteiger charge is -2.34. The van der Waals surface area contributed by atoms with Gasteiger partial charge in [0, 0.05) is 12.6 Å². The van der Waals surface area contributed by atoms with E-state index in [0.717, 1.165) is 31.4 Å². The molecular weight excluding hydrogens is 241 g/mol. The zero-order chi connectivity index (χ0) is 12.3. The first-order valence-electron chi connectivity index (χ1n) is 6.00. The Bertz CT molecular complexity index is 386. The van der Waals surface area contributed by atoms with Crippen molar-refractivity contribution in [1.82, 2.24) is 4.90 Å². The zero-order valence-electron chi connectivity index (χ0n) is 9.70. The van der Waals surface area contributed by atoms with Crippen molar-refractivity contribution in [3.63, 3.8) is 0 Å². The number of piperidine rings is 1. The smallest absolute Gasteiger partial charge is 0.142 e. The van der Waals surface area contributed by atoms with Gasteiger partial charge in [0.15, 0.2) is 0 Å². The van der Waals surface area contributed by atoms with Crippen LogP contribution in [0.25, 0.3) is 0 Å². The Kier molecular flexibility index (Phi) is 4.37. The number of aliphatic hydroxyl groups is 1. The lowest BCUT2D eigenvalue weighted by Crippen LogP contribution is -2.41. The first kappa shape index (κ1) is 12.8. The van der Waals surface area contributed by atoms with Gasteiger partial charge in [-0.1, -0.05) is 30.2 Å². The minimum absolute atomic E-state index is 0.160. The van der Waals surface area contributed by atoms with Crippen LogP contribution in [0.15, 0.2) is 18.2 Å². The number of rotatable bonds is 3. The molecule has 1 aromatic rings. The van der Waals surface area contributed by atoms with E-state index in [1.807, 2.05) is 6.07 Å². The van der Waals surface area contributed by atoms with E-state index >= 15 is 0 Å². The predicted octanol–water partition coefficient (Wildman–Crippen LogP) is 2.83. The van der Waals surface area contributed by atoms with Crippen molar-refractivity contribution in [3.05, 3.63) is 34.6 Å². The van der Waals surface area contributed by atoms with Crippen LogP contribution >= 0.6 is 11.6 Å². The van der Waals surface area contributed by atoms with Crippen molar-refractivity contribution < 1.29 is 9.50 Å². The third kappa shape index (κ3) is 2.97. The van der Waals surface area contributed by atoms with Crippen molar-refractivity contribution in [2.24, 2.45) is 0 Å². The summed E-state index contributed by atoms with van der Waals surface area (Å²) in [5, 5.41) is 9.52. The summed E-state index contributed by atoms with van der Waals surface area (Å²) in [7, 11) is 0. The van der Waals surface area contributed by atoms with E-state index in [9.17, 15) is 9.50 Å². The molecule has 1 unspecified atom stereocenters. The minimum atomic E-state index is -0.373. The third-order valence-corrected chi connectivity index (χ3v) is 3.79. The summed E-state index contributed by atoms with van der Waals surface area (Å²) in [6.07, 6.45) is 3.28. The molecule has 0 spiro atoms. The molecule has 2 rings (SSSR count). The molecule has 1 heterocycles. The average molecular weight is 258 g/mol. The van der Waals surface area contributed by atoms with E-state index in [-0.39, 0.29) is 23.5 Å². The van der Waals surface area contributed by atoms with Crippen LogP contribution in [0.5, 0.6) is 0 Å². The van der Waals surface area contributed by atoms with Gasteiger partial charge in [-0.25, -0.2) is 4.39 Å². The molecule has 1 atom stereocenters. The number of aliphatic hydroxyl groups excluding tert-OH is 1. The molecule has 4 heteroatoms. The number of hydrogen-bond donors (Lipinski definition) is 1. The van der Waals surface area contributed by atoms with Crippen molar-refractivity contribution in [2.45, 2.75) is 31.8 Å². The number of likely N-dealkylation sites (tertiary alicyclic amines) is 1. The molecule has 1 N–H and O–H groups in total. The fourth-order valence-corrected chi connectivity index (χ4v) is 2.55. The van der Waals surface area contributed by atoms with Gasteiger partial charge in [-0.15, -0.1) is 0 Å². The fraction of sp³-hybridized carbons (Fsp3) is 0.538. The second-order valence-electron chi connectivity index (χ2n) is 4.52. The summed E-state index contributed by atoms with van der Waals surface area (Å²) in [5.41, 5.74) is 0.798. The second kappa shape index (κ2) is 5.80. The summed E-state index contributed by atoms with van der Waals surface area (Å²) in [6.45, 7) is 1.72. The Balaban J connectivity index is 2.11. The first-order valence-corrected chi connectivity index (χ1v) is 6.38. The molecule has 0 radical (unpaired) electrons. The maximum atomic E-state index is 13.3. The Hall–Kier alpha value is -0.640. The summed E-state index contributed by atoms with van der Waals surface area (Å²) < 4.78 is 13.3. The summed E-state index contributed by atoms with van der Waals surface area (Å²) in [5.74, 6) is -0.373. The van der Waals surface area contributed by atoms with Crippen molar-refractivity contribution in [1.29, 1.82) is 0 Å². The SMILES string of the molecule is OCC1CCCCN1Cc1cccc(F)c1Cl. The number of benzene rings is 1. The molecule has 0 amide bonds. The number of nitrogens with zero attached hydrogens (tertiary/aromatic N) is 1. The Morgan fingerprint density at radius 1 is 1.41 bits per heavy atom. The quantitative estimate of drug-likeness (QED) is 0.900. The van der Waals surface area contributed by atoms with E-state index in [2.05, 4.69) is 4.90 Å². The summed E-state index contributed by atoms with van der Waals surface area (Å²) in [6, 6.07) is 5.07. The van der Waals surface area contributed by atoms with E-state index in [4.69, 9.17) is 11.6 Å². The summed E-state index contributed by atoms with van der Waals surface area (Å²) in [4.78, 5) is 2.18. The highest BCUT2D eigenvalue weighted by Crippen LogP contribution is 2.24. The molecule has 1 aromatic carbocycles. The molecule has 17 heavy (non-hydrogen) atoms. The van der Waals surface area contributed by atoms with Crippen LogP contribution in [0, 0.1) is 5.82 Å². The molecule has 1 aliphatic rings. The normalized spacial score (nSPS) is 21.7. The molecule has 0 bridgehead atoms. The maximum Gasteiger partial charge on any atom is 0.142 e. The topological polar surface area (TPSA) is 23.5 Å². The van der Waals surface area contributed by atoms with E-state index in [1.54, 1.807) is 6.07 Å². The van der Waals surface area contributed by atoms with Crippen LogP contribution in [-0.2, 0) is 6.54 Å². The fourth-order valence-electron chi connectivity index (χ4n) is 2.36. The molecule has 2 nitrogen and oxygen atoms in total. The van der Waals surface area contributed by atoms with Crippen LogP contribution < -0.4 is 0 Å². The molecule has 0 saturated carbocycles. The van der Waals surface area contributed by atoms with Crippen LogP contribution in [-0.4, -0.2) is 29.2 Å². The monoisotopic (exact) mass is 257 g/mol. The molecule has 94 valence electrons. The lowest BCUT2D eigenvalue weighted by atomic mass is 10.0. The standard InChI is InChI=1S/C13H17ClFNO/c14-13-10(4-3-6-12(13)15)8-16-7-2-1-5-11(16)9-17/h3-4,6,11,17H,1-2,5,7-9H2. The first-order chi connectivity index (χ1) is 8.22. The molecule has 0 aromatic heterocycles. The lowest BCUT2D eigenvalue weighted by molar-refractivity contribution is 0.0841. The van der Waals surface area contributed by atoms with Gasteiger partial charge in [0.1, 0.15) is 5.82 Å². The van der Waals surface area contributed by atoms with Gasteiger partial charge in [0.05, 0.1) is 11.6 Å². The predicted molar refractivity (Wildman–Crippen MR) is 66.5 cm³/mol.